The number of aromatic nitrogens is 1. The van der Waals surface area contributed by atoms with Crippen LogP contribution in [0.1, 0.15) is 113 Å². The van der Waals surface area contributed by atoms with Gasteiger partial charge in [-0.2, -0.15) is 0 Å². The third-order valence-corrected chi connectivity index (χ3v) is 15.7. The van der Waals surface area contributed by atoms with Gasteiger partial charge in [0.15, 0.2) is 26.0 Å². The molecule has 14 nitrogen and oxygen atoms in total. The van der Waals surface area contributed by atoms with E-state index >= 15 is 9.59 Å². The van der Waals surface area contributed by atoms with Crippen molar-refractivity contribution in [1.82, 2.24) is 10.1 Å². The smallest absolute Gasteiger partial charge is 0.507 e. The molecule has 1 heterocycles. The molecule has 2 aromatic rings. The number of ether oxygens (including phenoxy) is 6. The lowest BCUT2D eigenvalue weighted by atomic mass is 9.57. The van der Waals surface area contributed by atoms with Gasteiger partial charge in [-0.3, -0.25) is 14.5 Å². The van der Waals surface area contributed by atoms with Crippen LogP contribution in [0.25, 0.3) is 5.76 Å². The van der Waals surface area contributed by atoms with E-state index in [0.717, 1.165) is 12.8 Å². The topological polar surface area (TPSA) is 165 Å². The van der Waals surface area contributed by atoms with Crippen molar-refractivity contribution in [3.63, 3.8) is 0 Å². The number of nitrogens with zero attached hydrogens (tertiary/aromatic N) is 2. The number of methoxy groups -OCH3 is 3. The Morgan fingerprint density at radius 1 is 1.07 bits per heavy atom. The highest BCUT2D eigenvalue weighted by molar-refractivity contribution is 6.74. The average Bonchev–Trinajstić information content (AvgIpc) is 3.48. The van der Waals surface area contributed by atoms with Crippen LogP contribution in [-0.4, -0.2) is 94.4 Å². The highest BCUT2D eigenvalue weighted by atomic mass is 28.4. The van der Waals surface area contributed by atoms with Crippen LogP contribution in [0.3, 0.4) is 0 Å². The van der Waals surface area contributed by atoms with Crippen LogP contribution in [0.2, 0.25) is 18.1 Å². The molecule has 4 atom stereocenters. The normalized spacial score (nSPS) is 22.7. The molecule has 3 aliphatic carbocycles. The number of ketones is 2. The molecule has 0 aliphatic heterocycles. The third kappa shape index (κ3) is 7.34. The molecule has 55 heavy (non-hydrogen) atoms. The Morgan fingerprint density at radius 2 is 1.73 bits per heavy atom. The zero-order valence-electron chi connectivity index (χ0n) is 34.8. The number of hydrogen-bond acceptors (Lipinski definition) is 14. The Hall–Kier alpha value is -3.76. The van der Waals surface area contributed by atoms with Gasteiger partial charge in [0, 0.05) is 31.3 Å². The summed E-state index contributed by atoms with van der Waals surface area (Å²) < 4.78 is 47.6. The van der Waals surface area contributed by atoms with E-state index in [2.05, 4.69) is 5.16 Å². The van der Waals surface area contributed by atoms with Crippen LogP contribution in [0.4, 0.5) is 4.79 Å². The van der Waals surface area contributed by atoms with Crippen molar-refractivity contribution in [2.24, 2.45) is 11.8 Å². The van der Waals surface area contributed by atoms with Crippen LogP contribution in [0.5, 0.6) is 17.4 Å². The van der Waals surface area contributed by atoms with Crippen molar-refractivity contribution in [2.45, 2.75) is 116 Å². The molecular weight excluding hydrogens is 729 g/mol. The fourth-order valence-corrected chi connectivity index (χ4v) is 9.26. The molecule has 0 amide bonds. The molecule has 0 bridgehead atoms. The van der Waals surface area contributed by atoms with Gasteiger partial charge in [0.2, 0.25) is 11.6 Å². The summed E-state index contributed by atoms with van der Waals surface area (Å²) in [5, 5.41) is 16.3. The summed E-state index contributed by atoms with van der Waals surface area (Å²) in [7, 11) is 5.16. The first kappa shape index (κ1) is 42.4. The molecule has 5 rings (SSSR count). The number of aliphatic hydroxyl groups is 1. The second-order valence-electron chi connectivity index (χ2n) is 17.3. The van der Waals surface area contributed by atoms with Crippen LogP contribution in [0, 0.1) is 11.8 Å². The largest absolute Gasteiger partial charge is 0.514 e. The van der Waals surface area contributed by atoms with Gasteiger partial charge in [0.25, 0.3) is 5.88 Å². The average molecular weight is 787 g/mol. The van der Waals surface area contributed by atoms with Crippen LogP contribution < -0.4 is 14.2 Å². The lowest BCUT2D eigenvalue weighted by Crippen LogP contribution is -2.68. The Labute approximate surface area is 324 Å². The number of unbranched alkanes of at least 4 members (excludes halogenated alkanes) is 1. The second kappa shape index (κ2) is 15.3. The summed E-state index contributed by atoms with van der Waals surface area (Å²) >= 11 is 0. The van der Waals surface area contributed by atoms with Gasteiger partial charge in [0.1, 0.15) is 28.4 Å². The SMILES string of the molecule is CCCCOc1noc2c1C(=O)[C@@]1(O[Si](C)(C)C(C)(C)C)C(=O)C3=C(O)c4c(OC(=O)OC(C)(C)C)cc(C(OC)OC)c(OC)c4C[C@H]3C[C@H]1[C@@H]2N(C)C. The first-order chi connectivity index (χ1) is 25.6. The van der Waals surface area contributed by atoms with Gasteiger partial charge in [-0.25, -0.2) is 4.79 Å². The summed E-state index contributed by atoms with van der Waals surface area (Å²) in [6.07, 6.45) is -0.00793. The molecule has 1 fully saturated rings. The molecule has 1 aromatic heterocycles. The highest BCUT2D eigenvalue weighted by Crippen LogP contribution is 2.60. The predicted octanol–water partition coefficient (Wildman–Crippen LogP) is 7.76. The summed E-state index contributed by atoms with van der Waals surface area (Å²) in [5.41, 5.74) is -2.00. The highest BCUT2D eigenvalue weighted by Gasteiger charge is 2.69. The van der Waals surface area contributed by atoms with E-state index in [-0.39, 0.29) is 41.2 Å². The number of Topliss-reactive ketones (excluding diaryl/α,β-unsaturated/α-hetero) is 2. The van der Waals surface area contributed by atoms with E-state index in [9.17, 15) is 9.90 Å². The molecule has 1 N–H and O–H groups in total. The number of fused-ring (bicyclic) bond motifs is 4. The van der Waals surface area contributed by atoms with Crippen LogP contribution in [-0.2, 0) is 29.9 Å². The molecule has 0 radical (unpaired) electrons. The predicted molar refractivity (Wildman–Crippen MR) is 205 cm³/mol. The summed E-state index contributed by atoms with van der Waals surface area (Å²) in [5.74, 6) is -2.58. The maximum absolute atomic E-state index is 15.7. The van der Waals surface area contributed by atoms with Gasteiger partial charge < -0.3 is 42.5 Å². The van der Waals surface area contributed by atoms with E-state index < -0.39 is 72.2 Å². The zero-order valence-corrected chi connectivity index (χ0v) is 35.8. The maximum Gasteiger partial charge on any atom is 0.514 e. The molecule has 0 unspecified atom stereocenters. The maximum atomic E-state index is 15.7. The number of aliphatic hydroxyl groups excluding tert-OH is 1. The van der Waals surface area contributed by atoms with Crippen molar-refractivity contribution < 1.29 is 56.9 Å². The fourth-order valence-electron chi connectivity index (χ4n) is 7.81. The number of rotatable bonds is 12. The molecule has 304 valence electrons. The lowest BCUT2D eigenvalue weighted by molar-refractivity contribution is -0.140. The Bertz CT molecular complexity index is 1850. The number of benzene rings is 1. The minimum absolute atomic E-state index is 0.000505. The quantitative estimate of drug-likeness (QED) is 0.0554. The van der Waals surface area contributed by atoms with E-state index in [1.165, 1.54) is 27.4 Å². The Balaban J connectivity index is 1.82. The summed E-state index contributed by atoms with van der Waals surface area (Å²) in [4.78, 5) is 46.2. The Morgan fingerprint density at radius 3 is 2.27 bits per heavy atom. The van der Waals surface area contributed by atoms with E-state index in [4.69, 9.17) is 37.4 Å². The number of carbonyl (C=O) groups is 3. The van der Waals surface area contributed by atoms with Crippen molar-refractivity contribution in [1.29, 1.82) is 0 Å². The minimum Gasteiger partial charge on any atom is -0.507 e. The van der Waals surface area contributed by atoms with Gasteiger partial charge in [-0.1, -0.05) is 34.1 Å². The van der Waals surface area contributed by atoms with Gasteiger partial charge in [-0.15, -0.1) is 0 Å². The van der Waals surface area contributed by atoms with Gasteiger partial charge >= 0.3 is 6.16 Å². The first-order valence-electron chi connectivity index (χ1n) is 18.8. The summed E-state index contributed by atoms with van der Waals surface area (Å²) in [6.45, 7) is 17.5. The van der Waals surface area contributed by atoms with Crippen LogP contribution in [0.15, 0.2) is 16.2 Å². The van der Waals surface area contributed by atoms with Gasteiger partial charge in [-0.05, 0) is 89.4 Å². The lowest BCUT2D eigenvalue weighted by Gasteiger charge is -2.55. The van der Waals surface area contributed by atoms with Gasteiger partial charge in [0.05, 0.1) is 30.9 Å². The van der Waals surface area contributed by atoms with Crippen molar-refractivity contribution in [3.8, 4) is 17.4 Å². The van der Waals surface area contributed by atoms with Crippen LogP contribution >= 0.6 is 0 Å². The summed E-state index contributed by atoms with van der Waals surface area (Å²) in [6, 6.07) is 0.833. The van der Waals surface area contributed by atoms with E-state index in [0.29, 0.717) is 29.2 Å². The molecule has 0 spiro atoms. The van der Waals surface area contributed by atoms with Crippen molar-refractivity contribution in [2.75, 3.05) is 42.0 Å². The van der Waals surface area contributed by atoms with Crippen molar-refractivity contribution in [3.05, 3.63) is 39.7 Å². The number of hydrogen-bond donors (Lipinski definition) is 1. The van der Waals surface area contributed by atoms with Crippen molar-refractivity contribution >= 4 is 31.8 Å². The zero-order chi connectivity index (χ0) is 41.0. The standard InChI is InChI=1S/C40H58N2O12Si/c1-15-16-17-50-35-28-32(53-41-35)29(42(8)9)24-19-21-18-22-27(30(43)26(21)33(44)40(24,34(28)45)54-55(13,14)39(5,6)7)25(51-37(46)52-38(2,3)4)20-23(31(22)47-10)36(48-11)49-12/h20-21,24,29,36,43H,15-19H2,1-14H3/t21-,24-,29-,40-/m0/s1. The Kier molecular flexibility index (Phi) is 11.8. The molecular formula is C40H58N2O12Si. The first-order valence-corrected chi connectivity index (χ1v) is 21.7. The second-order valence-corrected chi connectivity index (χ2v) is 22.0. The van der Waals surface area contributed by atoms with E-state index in [1.807, 2.05) is 59.8 Å². The molecule has 0 saturated heterocycles. The molecule has 1 saturated carbocycles. The number of carbonyl (C=O) groups excluding carboxylic acids is 3. The monoisotopic (exact) mass is 786 g/mol. The molecule has 1 aromatic carbocycles. The molecule has 3 aliphatic rings. The van der Waals surface area contributed by atoms with E-state index in [1.54, 1.807) is 20.8 Å². The third-order valence-electron chi connectivity index (χ3n) is 11.2. The fraction of sp³-hybridized carbons (Fsp3) is 0.650. The minimum atomic E-state index is -2.95. The molecule has 15 heteroatoms.